The van der Waals surface area contributed by atoms with Gasteiger partial charge in [0.1, 0.15) is 0 Å². The molecule has 130 valence electrons. The second kappa shape index (κ2) is 5.59. The first-order valence-electron chi connectivity index (χ1n) is 6.78. The molecule has 0 aliphatic rings. The van der Waals surface area contributed by atoms with E-state index in [9.17, 15) is 31.2 Å². The summed E-state index contributed by atoms with van der Waals surface area (Å²) in [6.45, 7) is 0. The summed E-state index contributed by atoms with van der Waals surface area (Å²) in [6, 6.07) is 7.78. The van der Waals surface area contributed by atoms with E-state index in [2.05, 4.69) is 4.98 Å². The molecule has 0 saturated carbocycles. The number of H-pyrrole nitrogens is 2. The summed E-state index contributed by atoms with van der Waals surface area (Å²) in [5, 5.41) is 0. The van der Waals surface area contributed by atoms with Crippen LogP contribution < -0.4 is 11.1 Å². The van der Waals surface area contributed by atoms with Gasteiger partial charge in [0, 0.05) is 0 Å². The Hall–Kier alpha value is -2.88. The second-order valence-corrected chi connectivity index (χ2v) is 7.03. The quantitative estimate of drug-likeness (QED) is 0.675. The van der Waals surface area contributed by atoms with Crippen LogP contribution in [0.4, 0.5) is 13.2 Å². The molecular formula is C15H9F3N2O4S. The lowest BCUT2D eigenvalue weighted by Gasteiger charge is -2.14. The van der Waals surface area contributed by atoms with Gasteiger partial charge in [-0.05, 0) is 24.3 Å². The van der Waals surface area contributed by atoms with Crippen LogP contribution in [0.3, 0.4) is 0 Å². The van der Waals surface area contributed by atoms with E-state index in [-0.39, 0.29) is 15.9 Å². The molecule has 0 unspecified atom stereocenters. The average molecular weight is 370 g/mol. The second-order valence-electron chi connectivity index (χ2n) is 5.12. The highest BCUT2D eigenvalue weighted by atomic mass is 32.2. The summed E-state index contributed by atoms with van der Waals surface area (Å²) in [5.74, 6) is 0. The first-order valence-corrected chi connectivity index (χ1v) is 8.27. The highest BCUT2D eigenvalue weighted by Gasteiger charge is 2.38. The van der Waals surface area contributed by atoms with Gasteiger partial charge in [0.25, 0.3) is 0 Å². The van der Waals surface area contributed by atoms with Crippen LogP contribution in [0.5, 0.6) is 0 Å². The largest absolute Gasteiger partial charge is 0.417 e. The molecule has 0 aliphatic heterocycles. The van der Waals surface area contributed by atoms with E-state index in [1.165, 1.54) is 18.2 Å². The summed E-state index contributed by atoms with van der Waals surface area (Å²) in [5.41, 5.74) is -4.24. The Bertz CT molecular complexity index is 1180. The van der Waals surface area contributed by atoms with Gasteiger partial charge in [0.15, 0.2) is 0 Å². The van der Waals surface area contributed by atoms with Crippen molar-refractivity contribution in [1.82, 2.24) is 9.97 Å². The topological polar surface area (TPSA) is 99.9 Å². The number of halogens is 3. The molecule has 6 nitrogen and oxygen atoms in total. The lowest BCUT2D eigenvalue weighted by Crippen LogP contribution is -2.29. The summed E-state index contributed by atoms with van der Waals surface area (Å²) < 4.78 is 65.4. The Kier molecular flexibility index (Phi) is 3.79. The number of nitrogens with one attached hydrogen (secondary N) is 2. The van der Waals surface area contributed by atoms with Crippen molar-refractivity contribution in [2.75, 3.05) is 0 Å². The maximum atomic E-state index is 13.4. The summed E-state index contributed by atoms with van der Waals surface area (Å²) in [6.07, 6.45) is -4.99. The predicted octanol–water partition coefficient (Wildman–Crippen LogP) is 2.07. The number of hydrogen-bond donors (Lipinski definition) is 2. The number of rotatable bonds is 2. The lowest BCUT2D eigenvalue weighted by atomic mass is 10.2. The molecular weight excluding hydrogens is 361 g/mol. The first kappa shape index (κ1) is 17.0. The van der Waals surface area contributed by atoms with E-state index in [1.54, 1.807) is 0 Å². The van der Waals surface area contributed by atoms with Crippen molar-refractivity contribution < 1.29 is 21.6 Å². The van der Waals surface area contributed by atoms with E-state index in [1.807, 2.05) is 4.98 Å². The van der Waals surface area contributed by atoms with Crippen LogP contribution in [0.2, 0.25) is 0 Å². The van der Waals surface area contributed by atoms with Crippen LogP contribution in [0.25, 0.3) is 11.0 Å². The molecule has 0 radical (unpaired) electrons. The fraction of sp³-hybridized carbons (Fsp3) is 0.0667. The molecule has 0 spiro atoms. The van der Waals surface area contributed by atoms with Crippen LogP contribution in [0.1, 0.15) is 5.56 Å². The van der Waals surface area contributed by atoms with E-state index < -0.39 is 37.6 Å². The number of benzene rings is 2. The average Bonchev–Trinajstić information content (AvgIpc) is 2.55. The minimum Gasteiger partial charge on any atom is -0.316 e. The molecule has 0 bridgehead atoms. The standard InChI is InChI=1S/C15H9F3N2O4S/c16-15(17,18)9-6-10-11(20-14(22)13(21)19-10)7-12(9)25(23,24)8-4-2-1-3-5-8/h1-7H,(H,19,21)(H,20,22). The number of fused-ring (bicyclic) bond motifs is 1. The third-order valence-corrected chi connectivity index (χ3v) is 5.28. The molecule has 3 aromatic rings. The van der Waals surface area contributed by atoms with Crippen molar-refractivity contribution in [2.24, 2.45) is 0 Å². The summed E-state index contributed by atoms with van der Waals surface area (Å²) >= 11 is 0. The monoisotopic (exact) mass is 370 g/mol. The van der Waals surface area contributed by atoms with Crippen molar-refractivity contribution in [2.45, 2.75) is 16.0 Å². The van der Waals surface area contributed by atoms with E-state index in [4.69, 9.17) is 0 Å². The molecule has 0 aliphatic carbocycles. The van der Waals surface area contributed by atoms with Gasteiger partial charge in [0.2, 0.25) is 9.84 Å². The third-order valence-electron chi connectivity index (χ3n) is 3.47. The Morgan fingerprint density at radius 2 is 1.36 bits per heavy atom. The molecule has 1 heterocycles. The van der Waals surface area contributed by atoms with Crippen LogP contribution in [-0.2, 0) is 16.0 Å². The molecule has 1 aromatic heterocycles. The van der Waals surface area contributed by atoms with Crippen molar-refractivity contribution >= 4 is 20.9 Å². The van der Waals surface area contributed by atoms with Crippen LogP contribution >= 0.6 is 0 Å². The van der Waals surface area contributed by atoms with E-state index >= 15 is 0 Å². The summed E-state index contributed by atoms with van der Waals surface area (Å²) in [7, 11) is -4.50. The molecule has 0 amide bonds. The van der Waals surface area contributed by atoms with Crippen LogP contribution in [0, 0.1) is 0 Å². The predicted molar refractivity (Wildman–Crippen MR) is 82.1 cm³/mol. The molecule has 0 atom stereocenters. The maximum absolute atomic E-state index is 13.4. The number of sulfone groups is 1. The van der Waals surface area contributed by atoms with Crippen molar-refractivity contribution in [1.29, 1.82) is 0 Å². The molecule has 2 aromatic carbocycles. The number of aromatic amines is 2. The SMILES string of the molecule is O=c1[nH]c2cc(C(F)(F)F)c(S(=O)(=O)c3ccccc3)cc2[nH]c1=O. The van der Waals surface area contributed by atoms with Gasteiger partial charge in [-0.25, -0.2) is 8.42 Å². The van der Waals surface area contributed by atoms with E-state index in [0.29, 0.717) is 12.1 Å². The molecule has 10 heteroatoms. The maximum Gasteiger partial charge on any atom is 0.417 e. The molecule has 0 saturated heterocycles. The molecule has 3 rings (SSSR count). The fourth-order valence-corrected chi connectivity index (χ4v) is 3.82. The number of hydrogen-bond acceptors (Lipinski definition) is 4. The zero-order chi connectivity index (χ0) is 18.4. The van der Waals surface area contributed by atoms with Gasteiger partial charge in [-0.2, -0.15) is 13.2 Å². The van der Waals surface area contributed by atoms with Gasteiger partial charge >= 0.3 is 17.3 Å². The lowest BCUT2D eigenvalue weighted by molar-refractivity contribution is -0.139. The summed E-state index contributed by atoms with van der Waals surface area (Å²) in [4.78, 5) is 25.4. The Morgan fingerprint density at radius 3 is 1.88 bits per heavy atom. The van der Waals surface area contributed by atoms with Gasteiger partial charge in [-0.1, -0.05) is 18.2 Å². The Labute approximate surface area is 137 Å². The fourth-order valence-electron chi connectivity index (χ4n) is 2.32. The third kappa shape index (κ3) is 2.95. The Morgan fingerprint density at radius 1 is 0.840 bits per heavy atom. The van der Waals surface area contributed by atoms with Crippen molar-refractivity contribution in [3.8, 4) is 0 Å². The van der Waals surface area contributed by atoms with Gasteiger partial charge < -0.3 is 9.97 Å². The highest BCUT2D eigenvalue weighted by Crippen LogP contribution is 2.37. The normalized spacial score (nSPS) is 12.4. The van der Waals surface area contributed by atoms with Crippen molar-refractivity contribution in [3.63, 3.8) is 0 Å². The minimum absolute atomic E-state index is 0.230. The van der Waals surface area contributed by atoms with Crippen LogP contribution in [-0.4, -0.2) is 18.4 Å². The zero-order valence-corrected chi connectivity index (χ0v) is 13.0. The van der Waals surface area contributed by atoms with E-state index in [0.717, 1.165) is 12.1 Å². The Balaban J connectivity index is 2.42. The molecule has 25 heavy (non-hydrogen) atoms. The van der Waals surface area contributed by atoms with Crippen molar-refractivity contribution in [3.05, 3.63) is 68.7 Å². The minimum atomic E-state index is -4.99. The smallest absolute Gasteiger partial charge is 0.316 e. The first-order chi connectivity index (χ1) is 11.6. The molecule has 2 N–H and O–H groups in total. The molecule has 0 fully saturated rings. The van der Waals surface area contributed by atoms with Gasteiger partial charge in [-0.15, -0.1) is 0 Å². The van der Waals surface area contributed by atoms with Gasteiger partial charge in [-0.3, -0.25) is 9.59 Å². The van der Waals surface area contributed by atoms with Crippen LogP contribution in [0.15, 0.2) is 61.8 Å². The number of alkyl halides is 3. The highest BCUT2D eigenvalue weighted by molar-refractivity contribution is 7.91. The zero-order valence-electron chi connectivity index (χ0n) is 12.2. The van der Waals surface area contributed by atoms with Gasteiger partial charge in [0.05, 0.1) is 26.4 Å². The number of aromatic nitrogens is 2.